The van der Waals surface area contributed by atoms with E-state index in [0.717, 1.165) is 36.1 Å². The van der Waals surface area contributed by atoms with Crippen LogP contribution in [0.5, 0.6) is 0 Å². The molecular weight excluding hydrogens is 252 g/mol. The minimum Gasteiger partial charge on any atom is -0.325 e. The Morgan fingerprint density at radius 1 is 1.30 bits per heavy atom. The molecule has 0 saturated carbocycles. The van der Waals surface area contributed by atoms with Gasteiger partial charge in [-0.1, -0.05) is 6.92 Å². The van der Waals surface area contributed by atoms with Crippen molar-refractivity contribution in [2.45, 2.75) is 25.8 Å². The van der Waals surface area contributed by atoms with Crippen molar-refractivity contribution in [2.24, 2.45) is 5.92 Å². The molecule has 5 heteroatoms. The first-order valence-electron chi connectivity index (χ1n) is 6.97. The molecule has 1 aromatic carbocycles. The van der Waals surface area contributed by atoms with Gasteiger partial charge in [-0.25, -0.2) is 0 Å². The van der Waals surface area contributed by atoms with Gasteiger partial charge in [0.2, 0.25) is 5.91 Å². The Balaban J connectivity index is 1.73. The maximum absolute atomic E-state index is 12.2. The Morgan fingerprint density at radius 2 is 2.10 bits per heavy atom. The molecule has 0 spiro atoms. The number of anilines is 1. The zero-order chi connectivity index (χ0) is 13.9. The van der Waals surface area contributed by atoms with Gasteiger partial charge in [0, 0.05) is 18.1 Å². The fourth-order valence-electron chi connectivity index (χ4n) is 2.58. The summed E-state index contributed by atoms with van der Waals surface area (Å²) >= 11 is 0. The van der Waals surface area contributed by atoms with Gasteiger partial charge in [0.05, 0.1) is 17.1 Å². The monoisotopic (exact) mass is 270 g/mol. The summed E-state index contributed by atoms with van der Waals surface area (Å²) in [5.41, 5.74) is 2.38. The third kappa shape index (κ3) is 2.77. The van der Waals surface area contributed by atoms with E-state index in [4.69, 9.17) is 0 Å². The standard InChI is InChI=1S/C15H18N4O/c1-10-4-5-16-14(8-10)15(20)19-11-2-3-12-13(9-11)18-7-6-17-12/h2-3,6-7,9-10,14,16H,4-5,8H2,1H3,(H,19,20). The molecule has 1 aromatic heterocycles. The molecular formula is C15H18N4O. The van der Waals surface area contributed by atoms with Crippen LogP contribution in [0.3, 0.4) is 0 Å². The predicted molar refractivity (Wildman–Crippen MR) is 78.4 cm³/mol. The van der Waals surface area contributed by atoms with Crippen molar-refractivity contribution in [3.05, 3.63) is 30.6 Å². The number of hydrogen-bond acceptors (Lipinski definition) is 4. The Hall–Kier alpha value is -2.01. The van der Waals surface area contributed by atoms with E-state index in [0.29, 0.717) is 5.92 Å². The number of nitrogens with one attached hydrogen (secondary N) is 2. The number of nitrogens with zero attached hydrogens (tertiary/aromatic N) is 2. The van der Waals surface area contributed by atoms with Crippen LogP contribution in [0.15, 0.2) is 30.6 Å². The highest BCUT2D eigenvalue weighted by Gasteiger charge is 2.24. The summed E-state index contributed by atoms with van der Waals surface area (Å²) in [4.78, 5) is 20.7. The van der Waals surface area contributed by atoms with E-state index in [9.17, 15) is 4.79 Å². The van der Waals surface area contributed by atoms with Crippen LogP contribution in [0.4, 0.5) is 5.69 Å². The van der Waals surface area contributed by atoms with Crippen molar-refractivity contribution in [3.63, 3.8) is 0 Å². The lowest BCUT2D eigenvalue weighted by Crippen LogP contribution is -2.45. The maximum atomic E-state index is 12.2. The molecule has 3 rings (SSSR count). The summed E-state index contributed by atoms with van der Waals surface area (Å²) in [5, 5.41) is 6.22. The fraction of sp³-hybridized carbons (Fsp3) is 0.400. The lowest BCUT2D eigenvalue weighted by Gasteiger charge is -2.27. The smallest absolute Gasteiger partial charge is 0.241 e. The second kappa shape index (κ2) is 5.54. The van der Waals surface area contributed by atoms with E-state index in [-0.39, 0.29) is 11.9 Å². The van der Waals surface area contributed by atoms with E-state index >= 15 is 0 Å². The van der Waals surface area contributed by atoms with Crippen LogP contribution in [-0.2, 0) is 4.79 Å². The van der Waals surface area contributed by atoms with Crippen LogP contribution < -0.4 is 10.6 Å². The first kappa shape index (κ1) is 13.0. The quantitative estimate of drug-likeness (QED) is 0.875. The molecule has 0 bridgehead atoms. The van der Waals surface area contributed by atoms with Gasteiger partial charge in [-0.2, -0.15) is 0 Å². The summed E-state index contributed by atoms with van der Waals surface area (Å²) in [7, 11) is 0. The molecule has 2 unspecified atom stereocenters. The topological polar surface area (TPSA) is 66.9 Å². The molecule has 1 amide bonds. The number of carbonyl (C=O) groups is 1. The summed E-state index contributed by atoms with van der Waals surface area (Å²) in [5.74, 6) is 0.620. The second-order valence-corrected chi connectivity index (χ2v) is 5.39. The van der Waals surface area contributed by atoms with Gasteiger partial charge in [-0.05, 0) is 43.5 Å². The van der Waals surface area contributed by atoms with Crippen LogP contribution in [0.25, 0.3) is 11.0 Å². The molecule has 20 heavy (non-hydrogen) atoms. The Kier molecular flexibility index (Phi) is 3.60. The third-order valence-electron chi connectivity index (χ3n) is 3.72. The van der Waals surface area contributed by atoms with Crippen LogP contribution in [-0.4, -0.2) is 28.5 Å². The van der Waals surface area contributed by atoms with Crippen LogP contribution in [0.2, 0.25) is 0 Å². The molecule has 2 heterocycles. The molecule has 0 aliphatic carbocycles. The van der Waals surface area contributed by atoms with Crippen molar-refractivity contribution in [2.75, 3.05) is 11.9 Å². The lowest BCUT2D eigenvalue weighted by atomic mass is 9.94. The van der Waals surface area contributed by atoms with Gasteiger partial charge >= 0.3 is 0 Å². The van der Waals surface area contributed by atoms with E-state index in [1.165, 1.54) is 0 Å². The largest absolute Gasteiger partial charge is 0.325 e. The number of benzene rings is 1. The number of hydrogen-bond donors (Lipinski definition) is 2. The molecule has 2 N–H and O–H groups in total. The zero-order valence-corrected chi connectivity index (χ0v) is 11.5. The second-order valence-electron chi connectivity index (χ2n) is 5.39. The van der Waals surface area contributed by atoms with Gasteiger partial charge in [0.25, 0.3) is 0 Å². The molecule has 5 nitrogen and oxygen atoms in total. The van der Waals surface area contributed by atoms with Crippen LogP contribution in [0, 0.1) is 5.92 Å². The molecule has 2 aromatic rings. The van der Waals surface area contributed by atoms with Crippen molar-refractivity contribution < 1.29 is 4.79 Å². The predicted octanol–water partition coefficient (Wildman–Crippen LogP) is 1.96. The number of piperidine rings is 1. The number of amides is 1. The molecule has 1 aliphatic rings. The van der Waals surface area contributed by atoms with E-state index in [2.05, 4.69) is 27.5 Å². The first-order chi connectivity index (χ1) is 9.72. The SMILES string of the molecule is CC1CCNC(C(=O)Nc2ccc3nccnc3c2)C1. The summed E-state index contributed by atoms with van der Waals surface area (Å²) in [6.45, 7) is 3.09. The third-order valence-corrected chi connectivity index (χ3v) is 3.72. The summed E-state index contributed by atoms with van der Waals surface area (Å²) in [6, 6.07) is 5.49. The van der Waals surface area contributed by atoms with Crippen molar-refractivity contribution in [1.82, 2.24) is 15.3 Å². The van der Waals surface area contributed by atoms with E-state index in [1.807, 2.05) is 18.2 Å². The molecule has 104 valence electrons. The van der Waals surface area contributed by atoms with E-state index < -0.39 is 0 Å². The van der Waals surface area contributed by atoms with Crippen LogP contribution >= 0.6 is 0 Å². The zero-order valence-electron chi connectivity index (χ0n) is 11.5. The molecule has 1 saturated heterocycles. The fourth-order valence-corrected chi connectivity index (χ4v) is 2.58. The molecule has 1 fully saturated rings. The Bertz CT molecular complexity index is 628. The molecule has 0 radical (unpaired) electrons. The normalized spacial score (nSPS) is 22.6. The Labute approximate surface area is 117 Å². The van der Waals surface area contributed by atoms with E-state index in [1.54, 1.807) is 12.4 Å². The minimum absolute atomic E-state index is 0.0276. The highest BCUT2D eigenvalue weighted by Crippen LogP contribution is 2.18. The summed E-state index contributed by atoms with van der Waals surface area (Å²) < 4.78 is 0. The average Bonchev–Trinajstić information content (AvgIpc) is 2.47. The van der Waals surface area contributed by atoms with Gasteiger partial charge in [-0.3, -0.25) is 14.8 Å². The maximum Gasteiger partial charge on any atom is 0.241 e. The van der Waals surface area contributed by atoms with Gasteiger partial charge in [-0.15, -0.1) is 0 Å². The highest BCUT2D eigenvalue weighted by atomic mass is 16.2. The number of aromatic nitrogens is 2. The van der Waals surface area contributed by atoms with Gasteiger partial charge in [0.1, 0.15) is 0 Å². The van der Waals surface area contributed by atoms with Gasteiger partial charge < -0.3 is 10.6 Å². The number of carbonyl (C=O) groups excluding carboxylic acids is 1. The number of rotatable bonds is 2. The molecule has 2 atom stereocenters. The summed E-state index contributed by atoms with van der Waals surface area (Å²) in [6.07, 6.45) is 5.33. The average molecular weight is 270 g/mol. The van der Waals surface area contributed by atoms with Crippen LogP contribution in [0.1, 0.15) is 19.8 Å². The number of fused-ring (bicyclic) bond motifs is 1. The Morgan fingerprint density at radius 3 is 2.90 bits per heavy atom. The molecule has 1 aliphatic heterocycles. The lowest BCUT2D eigenvalue weighted by molar-refractivity contribution is -0.119. The van der Waals surface area contributed by atoms with Crippen molar-refractivity contribution in [1.29, 1.82) is 0 Å². The van der Waals surface area contributed by atoms with Crippen molar-refractivity contribution in [3.8, 4) is 0 Å². The first-order valence-corrected chi connectivity index (χ1v) is 6.97. The van der Waals surface area contributed by atoms with Gasteiger partial charge in [0.15, 0.2) is 0 Å². The van der Waals surface area contributed by atoms with Crippen molar-refractivity contribution >= 4 is 22.6 Å². The minimum atomic E-state index is -0.101. The highest BCUT2D eigenvalue weighted by molar-refractivity contribution is 5.96.